The molecule has 5 nitrogen and oxygen atoms in total. The van der Waals surface area contributed by atoms with Crippen molar-refractivity contribution < 1.29 is 19.4 Å². The van der Waals surface area contributed by atoms with Crippen LogP contribution >= 0.6 is 0 Å². The lowest BCUT2D eigenvalue weighted by Gasteiger charge is -2.33. The minimum atomic E-state index is -1.02. The van der Waals surface area contributed by atoms with E-state index in [0.717, 1.165) is 24.8 Å². The van der Waals surface area contributed by atoms with E-state index in [2.05, 4.69) is 6.92 Å². The Labute approximate surface area is 150 Å². The van der Waals surface area contributed by atoms with Crippen molar-refractivity contribution in [2.45, 2.75) is 65.0 Å². The van der Waals surface area contributed by atoms with Crippen molar-refractivity contribution in [2.24, 2.45) is 5.41 Å². The lowest BCUT2D eigenvalue weighted by Crippen LogP contribution is -2.51. The van der Waals surface area contributed by atoms with Crippen molar-refractivity contribution in [3.8, 4) is 0 Å². The number of carbonyl (C=O) groups excluding carboxylic acids is 2. The smallest absolute Gasteiger partial charge is 0.417 e. The molecule has 138 valence electrons. The lowest BCUT2D eigenvalue weighted by molar-refractivity contribution is -0.144. The van der Waals surface area contributed by atoms with Crippen LogP contribution < -0.4 is 0 Å². The first-order valence-corrected chi connectivity index (χ1v) is 9.10. The summed E-state index contributed by atoms with van der Waals surface area (Å²) in [6.45, 7) is 5.70. The zero-order chi connectivity index (χ0) is 18.4. The van der Waals surface area contributed by atoms with Gasteiger partial charge in [0.2, 0.25) is 5.91 Å². The summed E-state index contributed by atoms with van der Waals surface area (Å²) in [4.78, 5) is 26.4. The maximum atomic E-state index is 13.0. The number of hydrogen-bond donors (Lipinski definition) is 1. The fourth-order valence-corrected chi connectivity index (χ4v) is 3.15. The first-order chi connectivity index (χ1) is 11.9. The molecule has 0 bridgehead atoms. The van der Waals surface area contributed by atoms with E-state index in [1.54, 1.807) is 13.8 Å². The third-order valence-corrected chi connectivity index (χ3v) is 4.96. The molecule has 2 amide bonds. The van der Waals surface area contributed by atoms with Crippen molar-refractivity contribution in [1.82, 2.24) is 4.90 Å². The highest BCUT2D eigenvalue weighted by Crippen LogP contribution is 2.31. The van der Waals surface area contributed by atoms with Crippen molar-refractivity contribution >= 4 is 12.0 Å². The normalized spacial score (nSPS) is 19.0. The molecule has 0 spiro atoms. The van der Waals surface area contributed by atoms with Crippen LogP contribution in [-0.2, 0) is 16.0 Å². The molecule has 1 heterocycles. The summed E-state index contributed by atoms with van der Waals surface area (Å²) in [6.07, 6.45) is 2.66. The largest absolute Gasteiger partial charge is 0.447 e. The van der Waals surface area contributed by atoms with E-state index in [-0.39, 0.29) is 18.6 Å². The molecule has 5 heteroatoms. The van der Waals surface area contributed by atoms with Gasteiger partial charge in [0.05, 0.1) is 17.6 Å². The Kier molecular flexibility index (Phi) is 6.59. The van der Waals surface area contributed by atoms with Gasteiger partial charge >= 0.3 is 6.09 Å². The number of hydrogen-bond acceptors (Lipinski definition) is 4. The molecule has 1 N–H and O–H groups in total. The molecule has 1 aliphatic heterocycles. The molecule has 2 rings (SSSR count). The Morgan fingerprint density at radius 3 is 2.64 bits per heavy atom. The van der Waals surface area contributed by atoms with Crippen molar-refractivity contribution in [1.29, 1.82) is 0 Å². The Bertz CT molecular complexity index is 585. The van der Waals surface area contributed by atoms with Crippen LogP contribution in [0.25, 0.3) is 0 Å². The molecule has 2 unspecified atom stereocenters. The number of ether oxygens (including phenoxy) is 1. The van der Waals surface area contributed by atoms with Gasteiger partial charge in [0.1, 0.15) is 6.61 Å². The predicted octanol–water partition coefficient (Wildman–Crippen LogP) is 3.54. The van der Waals surface area contributed by atoms with Gasteiger partial charge in [-0.2, -0.15) is 0 Å². The third-order valence-electron chi connectivity index (χ3n) is 4.96. The first kappa shape index (κ1) is 19.4. The van der Waals surface area contributed by atoms with Crippen LogP contribution in [0.2, 0.25) is 0 Å². The molecule has 0 aromatic heterocycles. The maximum absolute atomic E-state index is 13.0. The van der Waals surface area contributed by atoms with Crippen LogP contribution in [0.1, 0.15) is 52.0 Å². The van der Waals surface area contributed by atoms with Gasteiger partial charge in [0.25, 0.3) is 0 Å². The minimum Gasteiger partial charge on any atom is -0.447 e. The molecule has 1 aromatic rings. The summed E-state index contributed by atoms with van der Waals surface area (Å²) in [5, 5.41) is 10.5. The number of nitrogens with zero attached hydrogens (tertiary/aromatic N) is 1. The molecular formula is C20H29NO4. The van der Waals surface area contributed by atoms with E-state index in [9.17, 15) is 14.7 Å². The Morgan fingerprint density at radius 2 is 2.00 bits per heavy atom. The van der Waals surface area contributed by atoms with Crippen LogP contribution in [0.5, 0.6) is 0 Å². The monoisotopic (exact) mass is 347 g/mol. The predicted molar refractivity (Wildman–Crippen MR) is 96.1 cm³/mol. The highest BCUT2D eigenvalue weighted by atomic mass is 16.6. The fraction of sp³-hybridized carbons (Fsp3) is 0.600. The highest BCUT2D eigenvalue weighted by molar-refractivity contribution is 5.96. The Balaban J connectivity index is 2.09. The number of carbonyl (C=O) groups is 2. The third kappa shape index (κ3) is 4.60. The molecule has 2 atom stereocenters. The van der Waals surface area contributed by atoms with Crippen LogP contribution in [0.4, 0.5) is 4.79 Å². The van der Waals surface area contributed by atoms with Gasteiger partial charge in [-0.25, -0.2) is 9.69 Å². The van der Waals surface area contributed by atoms with E-state index < -0.39 is 17.6 Å². The van der Waals surface area contributed by atoms with Gasteiger partial charge in [-0.05, 0) is 32.3 Å². The standard InChI is InChI=1S/C20H29NO4/c1-4-5-7-12-17(22)20(2,3)18(23)21-16(14-25-19(21)24)13-15-10-8-6-9-11-15/h6,8-11,16-17,22H,4-5,7,12-14H2,1-3H3. The molecule has 1 aliphatic rings. The second-order valence-electron chi connectivity index (χ2n) is 7.33. The molecule has 1 fully saturated rings. The quantitative estimate of drug-likeness (QED) is 0.730. The Morgan fingerprint density at radius 1 is 1.32 bits per heavy atom. The summed E-state index contributed by atoms with van der Waals surface area (Å²) in [7, 11) is 0. The molecule has 0 radical (unpaired) electrons. The van der Waals surface area contributed by atoms with E-state index in [1.165, 1.54) is 4.90 Å². The number of aliphatic hydroxyl groups is 1. The van der Waals surface area contributed by atoms with Gasteiger partial charge in [-0.15, -0.1) is 0 Å². The average Bonchev–Trinajstić information content (AvgIpc) is 2.95. The van der Waals surface area contributed by atoms with Crippen molar-refractivity contribution in [3.63, 3.8) is 0 Å². The highest BCUT2D eigenvalue weighted by Gasteiger charge is 2.46. The number of cyclic esters (lactones) is 1. The van der Waals surface area contributed by atoms with Crippen LogP contribution in [0.3, 0.4) is 0 Å². The van der Waals surface area contributed by atoms with Crippen LogP contribution in [0.15, 0.2) is 30.3 Å². The summed E-state index contributed by atoms with van der Waals surface area (Å²) < 4.78 is 5.13. The molecule has 1 aromatic carbocycles. The van der Waals surface area contributed by atoms with Crippen LogP contribution in [0, 0.1) is 5.41 Å². The molecule has 1 saturated heterocycles. The number of amides is 2. The lowest BCUT2D eigenvalue weighted by atomic mass is 9.82. The number of unbranched alkanes of at least 4 members (excludes halogenated alkanes) is 2. The molecular weight excluding hydrogens is 318 g/mol. The minimum absolute atomic E-state index is 0.196. The number of aliphatic hydroxyl groups excluding tert-OH is 1. The van der Waals surface area contributed by atoms with Crippen molar-refractivity contribution in [3.05, 3.63) is 35.9 Å². The average molecular weight is 347 g/mol. The second kappa shape index (κ2) is 8.48. The first-order valence-electron chi connectivity index (χ1n) is 9.10. The topological polar surface area (TPSA) is 66.8 Å². The van der Waals surface area contributed by atoms with E-state index >= 15 is 0 Å². The molecule has 0 aliphatic carbocycles. The van der Waals surface area contributed by atoms with E-state index in [0.29, 0.717) is 12.8 Å². The van der Waals surface area contributed by atoms with Gasteiger partial charge < -0.3 is 9.84 Å². The molecule has 0 saturated carbocycles. The summed E-state index contributed by atoms with van der Waals surface area (Å²) in [5.74, 6) is -0.361. The Hall–Kier alpha value is -1.88. The van der Waals surface area contributed by atoms with Gasteiger partial charge in [-0.1, -0.05) is 56.5 Å². The summed E-state index contributed by atoms with van der Waals surface area (Å²) in [5.41, 5.74) is 0.0244. The SMILES string of the molecule is CCCCCC(O)C(C)(C)C(=O)N1C(=O)OCC1Cc1ccccc1. The van der Waals surface area contributed by atoms with Crippen molar-refractivity contribution in [2.75, 3.05) is 6.61 Å². The van der Waals surface area contributed by atoms with Gasteiger partial charge in [0, 0.05) is 0 Å². The molecule has 25 heavy (non-hydrogen) atoms. The van der Waals surface area contributed by atoms with Crippen LogP contribution in [-0.4, -0.2) is 40.8 Å². The zero-order valence-electron chi connectivity index (χ0n) is 15.4. The number of rotatable bonds is 8. The summed E-state index contributed by atoms with van der Waals surface area (Å²) in [6, 6.07) is 9.40. The number of benzene rings is 1. The second-order valence-corrected chi connectivity index (χ2v) is 7.33. The zero-order valence-corrected chi connectivity index (χ0v) is 15.4. The fourth-order valence-electron chi connectivity index (χ4n) is 3.15. The van der Waals surface area contributed by atoms with Gasteiger partial charge in [0.15, 0.2) is 0 Å². The van der Waals surface area contributed by atoms with E-state index in [4.69, 9.17) is 4.74 Å². The number of imide groups is 1. The maximum Gasteiger partial charge on any atom is 0.417 e. The van der Waals surface area contributed by atoms with E-state index in [1.807, 2.05) is 30.3 Å². The van der Waals surface area contributed by atoms with Gasteiger partial charge in [-0.3, -0.25) is 4.79 Å². The summed E-state index contributed by atoms with van der Waals surface area (Å²) >= 11 is 0.